The van der Waals surface area contributed by atoms with E-state index in [0.717, 1.165) is 0 Å². The van der Waals surface area contributed by atoms with Crippen LogP contribution in [0.25, 0.3) is 0 Å². The first-order chi connectivity index (χ1) is 9.81. The molecule has 0 fully saturated rings. The summed E-state index contributed by atoms with van der Waals surface area (Å²) in [4.78, 5) is 8.69. The van der Waals surface area contributed by atoms with Gasteiger partial charge >= 0.3 is 0 Å². The van der Waals surface area contributed by atoms with Gasteiger partial charge in [0.25, 0.3) is 0 Å². The van der Waals surface area contributed by atoms with Crippen LogP contribution < -0.4 is 16.6 Å². The average Bonchev–Trinajstić information content (AvgIpc) is 2.42. The molecule has 0 unspecified atom stereocenters. The Kier molecular flexibility index (Phi) is 4.29. The first-order valence-electron chi connectivity index (χ1n) is 6.38. The van der Waals surface area contributed by atoms with Crippen molar-refractivity contribution in [3.05, 3.63) is 40.9 Å². The summed E-state index contributed by atoms with van der Waals surface area (Å²) in [6.45, 7) is 5.94. The van der Waals surface area contributed by atoms with E-state index in [4.69, 9.17) is 17.4 Å². The second-order valence-electron chi connectivity index (χ2n) is 5.58. The van der Waals surface area contributed by atoms with Crippen molar-refractivity contribution in [1.82, 2.24) is 9.97 Å². The highest BCUT2D eigenvalue weighted by molar-refractivity contribution is 6.31. The molecule has 21 heavy (non-hydrogen) atoms. The van der Waals surface area contributed by atoms with E-state index >= 15 is 0 Å². The lowest BCUT2D eigenvalue weighted by atomic mass is 9.96. The molecule has 0 atom stereocenters. The number of nitrogens with one attached hydrogen (secondary N) is 2. The minimum atomic E-state index is -0.530. The number of benzene rings is 1. The molecule has 0 aliphatic rings. The van der Waals surface area contributed by atoms with E-state index in [-0.39, 0.29) is 16.1 Å². The number of nitrogens with zero attached hydrogens (tertiary/aromatic N) is 2. The van der Waals surface area contributed by atoms with E-state index in [1.165, 1.54) is 6.07 Å². The summed E-state index contributed by atoms with van der Waals surface area (Å²) in [5.41, 5.74) is 2.45. The zero-order valence-corrected chi connectivity index (χ0v) is 12.8. The van der Waals surface area contributed by atoms with Crippen molar-refractivity contribution in [1.29, 1.82) is 0 Å². The van der Waals surface area contributed by atoms with Gasteiger partial charge in [-0.1, -0.05) is 38.4 Å². The Balaban J connectivity index is 2.42. The van der Waals surface area contributed by atoms with E-state index in [9.17, 15) is 4.39 Å². The number of rotatable bonds is 3. The number of aromatic nitrogens is 2. The predicted octanol–water partition coefficient (Wildman–Crippen LogP) is 3.60. The van der Waals surface area contributed by atoms with Gasteiger partial charge in [0.05, 0.1) is 10.7 Å². The van der Waals surface area contributed by atoms with Crippen LogP contribution in [-0.4, -0.2) is 9.97 Å². The molecule has 112 valence electrons. The molecule has 0 saturated heterocycles. The minimum absolute atomic E-state index is 0.0438. The number of halogens is 2. The summed E-state index contributed by atoms with van der Waals surface area (Å²) >= 11 is 5.76. The largest absolute Gasteiger partial charge is 0.338 e. The smallest absolute Gasteiger partial charge is 0.165 e. The molecule has 5 nitrogen and oxygen atoms in total. The number of hydrogen-bond donors (Lipinski definition) is 3. The third-order valence-corrected chi connectivity index (χ3v) is 3.05. The molecule has 2 rings (SSSR count). The first-order valence-corrected chi connectivity index (χ1v) is 6.76. The summed E-state index contributed by atoms with van der Waals surface area (Å²) in [6, 6.07) is 6.31. The monoisotopic (exact) mass is 309 g/mol. The minimum Gasteiger partial charge on any atom is -0.338 e. The Labute approximate surface area is 127 Å². The second-order valence-corrected chi connectivity index (χ2v) is 5.99. The summed E-state index contributed by atoms with van der Waals surface area (Å²) in [5, 5.41) is 2.94. The van der Waals surface area contributed by atoms with Crippen LogP contribution in [-0.2, 0) is 5.41 Å². The highest BCUT2D eigenvalue weighted by Gasteiger charge is 2.19. The highest BCUT2D eigenvalue weighted by atomic mass is 35.5. The van der Waals surface area contributed by atoms with E-state index in [2.05, 4.69) is 20.7 Å². The van der Waals surface area contributed by atoms with E-state index in [0.29, 0.717) is 17.5 Å². The third kappa shape index (κ3) is 3.59. The van der Waals surface area contributed by atoms with Crippen LogP contribution in [0.4, 0.5) is 21.7 Å². The zero-order chi connectivity index (χ0) is 15.6. The normalized spacial score (nSPS) is 11.3. The maximum absolute atomic E-state index is 13.9. The summed E-state index contributed by atoms with van der Waals surface area (Å²) in [5.74, 6) is 6.35. The van der Waals surface area contributed by atoms with Gasteiger partial charge in [0.15, 0.2) is 5.82 Å². The van der Waals surface area contributed by atoms with Gasteiger partial charge in [-0.25, -0.2) is 20.2 Å². The van der Waals surface area contributed by atoms with E-state index in [1.807, 2.05) is 20.8 Å². The maximum Gasteiger partial charge on any atom is 0.165 e. The number of anilines is 3. The highest BCUT2D eigenvalue weighted by Crippen LogP contribution is 2.27. The van der Waals surface area contributed by atoms with Crippen molar-refractivity contribution in [2.45, 2.75) is 26.2 Å². The molecule has 0 aliphatic heterocycles. The van der Waals surface area contributed by atoms with Crippen LogP contribution in [0.15, 0.2) is 24.3 Å². The Morgan fingerprint density at radius 1 is 1.19 bits per heavy atom. The lowest BCUT2D eigenvalue weighted by Crippen LogP contribution is -2.19. The summed E-state index contributed by atoms with van der Waals surface area (Å²) in [7, 11) is 0. The van der Waals surface area contributed by atoms with Crippen LogP contribution in [0.3, 0.4) is 0 Å². The zero-order valence-electron chi connectivity index (χ0n) is 12.0. The molecule has 0 bridgehead atoms. The van der Waals surface area contributed by atoms with Crippen molar-refractivity contribution in [3.63, 3.8) is 0 Å². The van der Waals surface area contributed by atoms with Gasteiger partial charge in [0.1, 0.15) is 17.5 Å². The fourth-order valence-electron chi connectivity index (χ4n) is 1.66. The number of nitrogen functional groups attached to an aromatic ring is 1. The van der Waals surface area contributed by atoms with Crippen molar-refractivity contribution in [3.8, 4) is 0 Å². The third-order valence-electron chi connectivity index (χ3n) is 2.76. The number of hydrogen-bond acceptors (Lipinski definition) is 5. The van der Waals surface area contributed by atoms with Crippen molar-refractivity contribution in [2.75, 3.05) is 10.7 Å². The molecule has 1 aromatic heterocycles. The summed E-state index contributed by atoms with van der Waals surface area (Å²) in [6.07, 6.45) is 0. The van der Waals surface area contributed by atoms with Gasteiger partial charge in [-0.3, -0.25) is 0 Å². The van der Waals surface area contributed by atoms with Gasteiger partial charge in [-0.2, -0.15) is 0 Å². The van der Waals surface area contributed by atoms with E-state index < -0.39 is 5.82 Å². The number of hydrazine groups is 1. The average molecular weight is 310 g/mol. The molecule has 7 heteroatoms. The van der Waals surface area contributed by atoms with Gasteiger partial charge in [-0.15, -0.1) is 0 Å². The maximum atomic E-state index is 13.9. The first kappa shape index (κ1) is 15.5. The van der Waals surface area contributed by atoms with Crippen LogP contribution in [0.5, 0.6) is 0 Å². The van der Waals surface area contributed by atoms with Gasteiger partial charge < -0.3 is 10.7 Å². The Morgan fingerprint density at radius 2 is 1.86 bits per heavy atom. The molecular formula is C14H17ClFN5. The Bertz CT molecular complexity index is 654. The van der Waals surface area contributed by atoms with Crippen molar-refractivity contribution in [2.24, 2.45) is 5.84 Å². The van der Waals surface area contributed by atoms with Gasteiger partial charge in [-0.05, 0) is 12.1 Å². The fraction of sp³-hybridized carbons (Fsp3) is 0.286. The molecule has 2 aromatic rings. The topological polar surface area (TPSA) is 75.9 Å². The Hall–Kier alpha value is -1.92. The predicted molar refractivity (Wildman–Crippen MR) is 83.2 cm³/mol. The molecule has 4 N–H and O–H groups in total. The van der Waals surface area contributed by atoms with Gasteiger partial charge in [0, 0.05) is 11.5 Å². The van der Waals surface area contributed by atoms with E-state index in [1.54, 1.807) is 18.2 Å². The molecule has 0 amide bonds. The number of nitrogens with two attached hydrogens (primary N) is 1. The molecule has 0 spiro atoms. The lowest BCUT2D eigenvalue weighted by molar-refractivity contribution is 0.547. The quantitative estimate of drug-likeness (QED) is 0.596. The second kappa shape index (κ2) is 5.83. The van der Waals surface area contributed by atoms with Crippen LogP contribution in [0.1, 0.15) is 26.6 Å². The standard InChI is InChI=1S/C14H17ClFN5/c1-14(2,3)13-19-10(7-11(20-13)21-17)18-9-6-4-5-8(15)12(9)16/h4-7H,17H2,1-3H3,(H2,18,19,20,21). The van der Waals surface area contributed by atoms with Crippen LogP contribution in [0.2, 0.25) is 5.02 Å². The SMILES string of the molecule is CC(C)(C)c1nc(NN)cc(Nc2cccc(Cl)c2F)n1. The molecule has 0 radical (unpaired) electrons. The van der Waals surface area contributed by atoms with Crippen molar-refractivity contribution >= 4 is 28.9 Å². The molecule has 0 saturated carbocycles. The summed E-state index contributed by atoms with van der Waals surface area (Å²) < 4.78 is 13.9. The molecular weight excluding hydrogens is 293 g/mol. The van der Waals surface area contributed by atoms with Crippen LogP contribution >= 0.6 is 11.6 Å². The molecule has 0 aliphatic carbocycles. The van der Waals surface area contributed by atoms with Crippen molar-refractivity contribution < 1.29 is 4.39 Å². The molecule has 1 aromatic carbocycles. The van der Waals surface area contributed by atoms with Gasteiger partial charge in [0.2, 0.25) is 0 Å². The van der Waals surface area contributed by atoms with Crippen LogP contribution in [0, 0.1) is 5.82 Å². The Morgan fingerprint density at radius 3 is 2.48 bits per heavy atom. The lowest BCUT2D eigenvalue weighted by Gasteiger charge is -2.19. The molecule has 1 heterocycles. The fourth-order valence-corrected chi connectivity index (χ4v) is 1.83.